The topological polar surface area (TPSA) is 29.5 Å². The molecule has 0 N–H and O–H groups in total. The van der Waals surface area contributed by atoms with Gasteiger partial charge in [0.2, 0.25) is 0 Å². The van der Waals surface area contributed by atoms with Gasteiger partial charge in [-0.25, -0.2) is 0 Å². The molecule has 11 aromatic rings. The SMILES string of the molecule is c1ccc(-c2ccc(N(c3ccc4oc5ccccc5c4c3)c3cc4c5cccc(-c6cccc(-c7ccccc7)c6)c5oc4c4ccccc34)cc2)cc1. The zero-order valence-corrected chi connectivity index (χ0v) is 29.8. The van der Waals surface area contributed by atoms with Crippen LogP contribution in [0, 0.1) is 0 Å². The van der Waals surface area contributed by atoms with E-state index in [4.69, 9.17) is 8.83 Å². The standard InChI is InChI=1S/C52H33NO2/c1-3-13-34(14-4-1)36-25-27-39(28-26-36)53(40-29-30-50-46(32-40)43-20-9-10-24-49(43)54-50)48-33-47-45-23-12-22-41(51(45)55-52(47)44-21-8-7-19-42(44)48)38-18-11-17-37(31-38)35-15-5-2-6-16-35/h1-33H. The summed E-state index contributed by atoms with van der Waals surface area (Å²) >= 11 is 0. The Morgan fingerprint density at radius 1 is 0.291 bits per heavy atom. The zero-order valence-electron chi connectivity index (χ0n) is 29.8. The quantitative estimate of drug-likeness (QED) is 0.173. The number of nitrogens with zero attached hydrogens (tertiary/aromatic N) is 1. The monoisotopic (exact) mass is 703 g/mol. The molecule has 0 fully saturated rings. The Morgan fingerprint density at radius 2 is 0.855 bits per heavy atom. The first-order valence-corrected chi connectivity index (χ1v) is 18.7. The molecule has 258 valence electrons. The molecule has 3 heteroatoms. The highest BCUT2D eigenvalue weighted by Crippen LogP contribution is 2.47. The lowest BCUT2D eigenvalue weighted by Gasteiger charge is -2.27. The van der Waals surface area contributed by atoms with E-state index in [0.29, 0.717) is 0 Å². The van der Waals surface area contributed by atoms with Crippen LogP contribution < -0.4 is 4.90 Å². The second-order valence-corrected chi connectivity index (χ2v) is 14.1. The summed E-state index contributed by atoms with van der Waals surface area (Å²) in [5, 5.41) is 6.51. The van der Waals surface area contributed by atoms with Crippen LogP contribution in [0.1, 0.15) is 0 Å². The van der Waals surface area contributed by atoms with Crippen molar-refractivity contribution in [3.8, 4) is 33.4 Å². The summed E-state index contributed by atoms with van der Waals surface area (Å²) in [7, 11) is 0. The Morgan fingerprint density at radius 3 is 1.65 bits per heavy atom. The fraction of sp³-hybridized carbons (Fsp3) is 0. The Bertz CT molecular complexity index is 3190. The number of hydrogen-bond donors (Lipinski definition) is 0. The summed E-state index contributed by atoms with van der Waals surface area (Å²) in [5.41, 5.74) is 13.6. The van der Waals surface area contributed by atoms with Crippen molar-refractivity contribution in [1.29, 1.82) is 0 Å². The van der Waals surface area contributed by atoms with Gasteiger partial charge in [0, 0.05) is 49.3 Å². The predicted molar refractivity (Wildman–Crippen MR) is 229 cm³/mol. The third-order valence-electron chi connectivity index (χ3n) is 10.9. The van der Waals surface area contributed by atoms with Crippen LogP contribution in [0.4, 0.5) is 17.1 Å². The summed E-state index contributed by atoms with van der Waals surface area (Å²) in [4.78, 5) is 2.38. The molecule has 0 aliphatic rings. The number of benzene rings is 9. The van der Waals surface area contributed by atoms with Crippen molar-refractivity contribution in [2.45, 2.75) is 0 Å². The summed E-state index contributed by atoms with van der Waals surface area (Å²) in [6.07, 6.45) is 0. The lowest BCUT2D eigenvalue weighted by molar-refractivity contribution is 0.669. The lowest BCUT2D eigenvalue weighted by atomic mass is 9.97. The maximum atomic E-state index is 6.97. The molecule has 0 saturated carbocycles. The van der Waals surface area contributed by atoms with Crippen LogP contribution in [0.5, 0.6) is 0 Å². The third-order valence-corrected chi connectivity index (χ3v) is 10.9. The van der Waals surface area contributed by atoms with Crippen LogP contribution in [0.25, 0.3) is 88.0 Å². The molecule has 0 atom stereocenters. The molecule has 0 spiro atoms. The van der Waals surface area contributed by atoms with Gasteiger partial charge in [-0.05, 0) is 76.3 Å². The molecule has 3 nitrogen and oxygen atoms in total. The van der Waals surface area contributed by atoms with Crippen LogP contribution in [-0.2, 0) is 0 Å². The van der Waals surface area contributed by atoms with Crippen molar-refractivity contribution >= 4 is 71.7 Å². The number of para-hydroxylation sites is 2. The summed E-state index contributed by atoms with van der Waals surface area (Å²) in [6, 6.07) is 70.9. The summed E-state index contributed by atoms with van der Waals surface area (Å²) < 4.78 is 13.3. The Kier molecular flexibility index (Phi) is 7.17. The van der Waals surface area contributed by atoms with Gasteiger partial charge < -0.3 is 13.7 Å². The molecule has 11 rings (SSSR count). The highest BCUT2D eigenvalue weighted by molar-refractivity contribution is 6.21. The molecular formula is C52H33NO2. The number of anilines is 3. The molecule has 0 radical (unpaired) electrons. The number of hydrogen-bond acceptors (Lipinski definition) is 3. The fourth-order valence-corrected chi connectivity index (χ4v) is 8.22. The highest BCUT2D eigenvalue weighted by Gasteiger charge is 2.22. The van der Waals surface area contributed by atoms with Gasteiger partial charge in [-0.2, -0.15) is 0 Å². The molecule has 55 heavy (non-hydrogen) atoms. The van der Waals surface area contributed by atoms with E-state index in [0.717, 1.165) is 82.8 Å². The van der Waals surface area contributed by atoms with Crippen molar-refractivity contribution in [3.63, 3.8) is 0 Å². The van der Waals surface area contributed by atoms with Crippen molar-refractivity contribution in [1.82, 2.24) is 0 Å². The molecule has 0 aliphatic heterocycles. The zero-order chi connectivity index (χ0) is 36.3. The van der Waals surface area contributed by atoms with Crippen LogP contribution in [0.2, 0.25) is 0 Å². The molecule has 9 aromatic carbocycles. The van der Waals surface area contributed by atoms with Crippen molar-refractivity contribution < 1.29 is 8.83 Å². The van der Waals surface area contributed by atoms with Crippen molar-refractivity contribution in [2.75, 3.05) is 4.90 Å². The van der Waals surface area contributed by atoms with Gasteiger partial charge in [-0.15, -0.1) is 0 Å². The van der Waals surface area contributed by atoms with E-state index in [1.54, 1.807) is 0 Å². The van der Waals surface area contributed by atoms with Crippen LogP contribution >= 0.6 is 0 Å². The Hall–Kier alpha value is -7.36. The number of rotatable bonds is 6. The maximum absolute atomic E-state index is 6.97. The van der Waals surface area contributed by atoms with E-state index in [2.05, 4.69) is 193 Å². The molecule has 2 heterocycles. The number of fused-ring (bicyclic) bond motifs is 8. The molecule has 0 saturated heterocycles. The molecular weight excluding hydrogens is 671 g/mol. The second kappa shape index (κ2) is 12.6. The highest BCUT2D eigenvalue weighted by atomic mass is 16.3. The molecule has 0 aliphatic carbocycles. The van der Waals surface area contributed by atoms with E-state index >= 15 is 0 Å². The summed E-state index contributed by atoms with van der Waals surface area (Å²) in [5.74, 6) is 0. The van der Waals surface area contributed by atoms with Gasteiger partial charge in [0.15, 0.2) is 0 Å². The first-order valence-electron chi connectivity index (χ1n) is 18.7. The van der Waals surface area contributed by atoms with E-state index in [-0.39, 0.29) is 0 Å². The average molecular weight is 704 g/mol. The Labute approximate surface area is 317 Å². The van der Waals surface area contributed by atoms with Crippen molar-refractivity contribution in [3.05, 3.63) is 200 Å². The van der Waals surface area contributed by atoms with E-state index in [1.807, 2.05) is 12.1 Å². The van der Waals surface area contributed by atoms with Crippen LogP contribution in [-0.4, -0.2) is 0 Å². The maximum Gasteiger partial charge on any atom is 0.143 e. The van der Waals surface area contributed by atoms with Gasteiger partial charge in [0.1, 0.15) is 22.3 Å². The molecule has 2 aromatic heterocycles. The minimum absolute atomic E-state index is 0.870. The van der Waals surface area contributed by atoms with Gasteiger partial charge in [-0.1, -0.05) is 152 Å². The number of furan rings is 2. The smallest absolute Gasteiger partial charge is 0.143 e. The second-order valence-electron chi connectivity index (χ2n) is 14.1. The molecule has 0 unspecified atom stereocenters. The minimum Gasteiger partial charge on any atom is -0.456 e. The lowest BCUT2D eigenvalue weighted by Crippen LogP contribution is -2.10. The van der Waals surface area contributed by atoms with Crippen molar-refractivity contribution in [2.24, 2.45) is 0 Å². The van der Waals surface area contributed by atoms with Crippen LogP contribution in [0.15, 0.2) is 209 Å². The fourth-order valence-electron chi connectivity index (χ4n) is 8.22. The first kappa shape index (κ1) is 31.2. The largest absolute Gasteiger partial charge is 0.456 e. The molecule has 0 amide bonds. The minimum atomic E-state index is 0.870. The van der Waals surface area contributed by atoms with E-state index < -0.39 is 0 Å². The van der Waals surface area contributed by atoms with Gasteiger partial charge in [-0.3, -0.25) is 0 Å². The first-order chi connectivity index (χ1) is 27.3. The Balaban J connectivity index is 1.15. The van der Waals surface area contributed by atoms with Crippen LogP contribution in [0.3, 0.4) is 0 Å². The van der Waals surface area contributed by atoms with Gasteiger partial charge in [0.05, 0.1) is 5.69 Å². The summed E-state index contributed by atoms with van der Waals surface area (Å²) in [6.45, 7) is 0. The molecule has 0 bridgehead atoms. The van der Waals surface area contributed by atoms with Gasteiger partial charge in [0.25, 0.3) is 0 Å². The normalized spacial score (nSPS) is 11.6. The average Bonchev–Trinajstić information content (AvgIpc) is 3.83. The third kappa shape index (κ3) is 5.20. The predicted octanol–water partition coefficient (Wildman–Crippen LogP) is 15.1. The van der Waals surface area contributed by atoms with E-state index in [1.165, 1.54) is 22.3 Å². The van der Waals surface area contributed by atoms with Gasteiger partial charge >= 0.3 is 0 Å². The van der Waals surface area contributed by atoms with E-state index in [9.17, 15) is 0 Å².